The molecule has 1 amide bonds. The number of hydrogen-bond acceptors (Lipinski definition) is 5. The van der Waals surface area contributed by atoms with E-state index in [0.717, 1.165) is 17.4 Å². The van der Waals surface area contributed by atoms with Gasteiger partial charge >= 0.3 is 5.97 Å². The summed E-state index contributed by atoms with van der Waals surface area (Å²) in [7, 11) is 0. The van der Waals surface area contributed by atoms with Gasteiger partial charge in [-0.3, -0.25) is 14.6 Å². The number of pyridine rings is 1. The van der Waals surface area contributed by atoms with Crippen LogP contribution >= 0.6 is 11.6 Å². The highest BCUT2D eigenvalue weighted by atomic mass is 35.5. The van der Waals surface area contributed by atoms with Gasteiger partial charge in [-0.2, -0.15) is 0 Å². The number of likely N-dealkylation sites (tertiary alicyclic amines) is 1. The van der Waals surface area contributed by atoms with Gasteiger partial charge < -0.3 is 14.4 Å². The zero-order chi connectivity index (χ0) is 24.2. The van der Waals surface area contributed by atoms with E-state index in [1.165, 1.54) is 12.1 Å². The molecule has 1 aliphatic rings. The molecule has 0 saturated carbocycles. The standard InChI is InChI=1S/C26H26ClFN2O4/c1-3-33-26(32)17-5-4-12-30(15-17)25(31)16(2)34-19-7-9-22-20(10-11-29-24(22)14-19)21-8-6-18(28)13-23(21)27/h6-11,13-14,16-17H,3-5,12,15H2,1-2H3/t16-,17+/m1/s1. The number of esters is 1. The van der Waals surface area contributed by atoms with Crippen LogP contribution in [-0.4, -0.2) is 47.6 Å². The van der Waals surface area contributed by atoms with Gasteiger partial charge in [-0.15, -0.1) is 0 Å². The number of halogens is 2. The molecule has 34 heavy (non-hydrogen) atoms. The van der Waals surface area contributed by atoms with Crippen LogP contribution in [0.1, 0.15) is 26.7 Å². The summed E-state index contributed by atoms with van der Waals surface area (Å²) < 4.78 is 24.5. The van der Waals surface area contributed by atoms with E-state index in [4.69, 9.17) is 21.1 Å². The van der Waals surface area contributed by atoms with Gasteiger partial charge in [0.25, 0.3) is 5.91 Å². The maximum atomic E-state index is 13.5. The first-order chi connectivity index (χ1) is 16.4. The normalized spacial score (nSPS) is 16.8. The largest absolute Gasteiger partial charge is 0.481 e. The lowest BCUT2D eigenvalue weighted by Gasteiger charge is -2.33. The van der Waals surface area contributed by atoms with Crippen molar-refractivity contribution in [3.8, 4) is 16.9 Å². The predicted octanol–water partition coefficient (Wildman–Crippen LogP) is 5.26. The summed E-state index contributed by atoms with van der Waals surface area (Å²) in [5, 5.41) is 1.14. The number of ether oxygens (including phenoxy) is 2. The Morgan fingerprint density at radius 1 is 1.21 bits per heavy atom. The van der Waals surface area contributed by atoms with Crippen molar-refractivity contribution in [2.24, 2.45) is 5.92 Å². The molecule has 6 nitrogen and oxygen atoms in total. The van der Waals surface area contributed by atoms with Crippen LogP contribution in [-0.2, 0) is 14.3 Å². The molecule has 0 bridgehead atoms. The lowest BCUT2D eigenvalue weighted by molar-refractivity contribution is -0.152. The number of rotatable bonds is 6. The number of nitrogens with zero attached hydrogens (tertiary/aromatic N) is 2. The second-order valence-electron chi connectivity index (χ2n) is 8.30. The van der Waals surface area contributed by atoms with E-state index in [1.807, 2.05) is 12.1 Å². The molecule has 0 N–H and O–H groups in total. The zero-order valence-electron chi connectivity index (χ0n) is 19.1. The number of carbonyl (C=O) groups excluding carboxylic acids is 2. The monoisotopic (exact) mass is 484 g/mol. The Kier molecular flexibility index (Phi) is 7.32. The van der Waals surface area contributed by atoms with Crippen molar-refractivity contribution >= 4 is 34.4 Å². The molecule has 0 unspecified atom stereocenters. The minimum absolute atomic E-state index is 0.172. The smallest absolute Gasteiger partial charge is 0.310 e. The molecule has 2 heterocycles. The first kappa shape index (κ1) is 24.0. The molecule has 2 aromatic carbocycles. The molecular weight excluding hydrogens is 459 g/mol. The van der Waals surface area contributed by atoms with Crippen molar-refractivity contribution in [1.82, 2.24) is 9.88 Å². The highest BCUT2D eigenvalue weighted by Crippen LogP contribution is 2.34. The fourth-order valence-electron chi connectivity index (χ4n) is 4.29. The Morgan fingerprint density at radius 2 is 2.03 bits per heavy atom. The van der Waals surface area contributed by atoms with Gasteiger partial charge in [-0.25, -0.2) is 4.39 Å². The molecule has 2 atom stereocenters. The van der Waals surface area contributed by atoms with Crippen LogP contribution in [0.25, 0.3) is 22.0 Å². The van der Waals surface area contributed by atoms with E-state index in [2.05, 4.69) is 4.98 Å². The molecule has 178 valence electrons. The third-order valence-electron chi connectivity index (χ3n) is 5.95. The number of piperidine rings is 1. The highest BCUT2D eigenvalue weighted by molar-refractivity contribution is 6.33. The second-order valence-corrected chi connectivity index (χ2v) is 8.70. The highest BCUT2D eigenvalue weighted by Gasteiger charge is 2.32. The van der Waals surface area contributed by atoms with Crippen LogP contribution < -0.4 is 4.74 Å². The topological polar surface area (TPSA) is 68.7 Å². The first-order valence-corrected chi connectivity index (χ1v) is 11.7. The molecule has 3 aromatic rings. The van der Waals surface area contributed by atoms with Crippen molar-refractivity contribution in [2.45, 2.75) is 32.8 Å². The molecule has 1 fully saturated rings. The van der Waals surface area contributed by atoms with Crippen LogP contribution in [0.3, 0.4) is 0 Å². The van der Waals surface area contributed by atoms with E-state index >= 15 is 0 Å². The maximum Gasteiger partial charge on any atom is 0.310 e. The number of benzene rings is 2. The fraction of sp³-hybridized carbons (Fsp3) is 0.346. The van der Waals surface area contributed by atoms with E-state index in [9.17, 15) is 14.0 Å². The molecule has 0 aliphatic carbocycles. The van der Waals surface area contributed by atoms with Crippen molar-refractivity contribution in [3.63, 3.8) is 0 Å². The van der Waals surface area contributed by atoms with Gasteiger partial charge in [0.15, 0.2) is 6.10 Å². The fourth-order valence-corrected chi connectivity index (χ4v) is 4.55. The average Bonchev–Trinajstić information content (AvgIpc) is 2.83. The number of hydrogen-bond donors (Lipinski definition) is 0. The lowest BCUT2D eigenvalue weighted by atomic mass is 9.98. The van der Waals surface area contributed by atoms with Gasteiger partial charge in [0.1, 0.15) is 11.6 Å². The van der Waals surface area contributed by atoms with Gasteiger partial charge in [0, 0.05) is 36.3 Å². The molecular formula is C26H26ClFN2O4. The minimum atomic E-state index is -0.729. The Hall–Kier alpha value is -3.19. The van der Waals surface area contributed by atoms with Gasteiger partial charge in [-0.1, -0.05) is 11.6 Å². The Bertz CT molecular complexity index is 1220. The van der Waals surface area contributed by atoms with E-state index in [1.54, 1.807) is 43.1 Å². The predicted molar refractivity (Wildman–Crippen MR) is 128 cm³/mol. The summed E-state index contributed by atoms with van der Waals surface area (Å²) in [6.07, 6.45) is 2.39. The average molecular weight is 485 g/mol. The molecule has 1 aliphatic heterocycles. The van der Waals surface area contributed by atoms with Crippen molar-refractivity contribution in [2.75, 3.05) is 19.7 Å². The second kappa shape index (κ2) is 10.4. The van der Waals surface area contributed by atoms with E-state index in [0.29, 0.717) is 48.0 Å². The SMILES string of the molecule is CCOC(=O)[C@H]1CCCN(C(=O)[C@@H](C)Oc2ccc3c(-c4ccc(F)cc4Cl)ccnc3c2)C1. The number of fused-ring (bicyclic) bond motifs is 1. The van der Waals surface area contributed by atoms with Crippen molar-refractivity contribution < 1.29 is 23.5 Å². The first-order valence-electron chi connectivity index (χ1n) is 11.3. The Balaban J connectivity index is 1.50. The summed E-state index contributed by atoms with van der Waals surface area (Å²) >= 11 is 6.26. The third-order valence-corrected chi connectivity index (χ3v) is 6.26. The summed E-state index contributed by atoms with van der Waals surface area (Å²) in [6.45, 7) is 4.72. The lowest BCUT2D eigenvalue weighted by Crippen LogP contribution is -2.47. The Labute approximate surface area is 202 Å². The van der Waals surface area contributed by atoms with Crippen LogP contribution in [0.15, 0.2) is 48.7 Å². The van der Waals surface area contributed by atoms with Gasteiger partial charge in [-0.05, 0) is 68.7 Å². The number of aromatic nitrogens is 1. The quantitative estimate of drug-likeness (QED) is 0.446. The minimum Gasteiger partial charge on any atom is -0.481 e. The molecule has 0 radical (unpaired) electrons. The summed E-state index contributed by atoms with van der Waals surface area (Å²) in [5.41, 5.74) is 2.19. The van der Waals surface area contributed by atoms with E-state index < -0.39 is 11.9 Å². The zero-order valence-corrected chi connectivity index (χ0v) is 19.8. The van der Waals surface area contributed by atoms with Crippen LogP contribution in [0.5, 0.6) is 5.75 Å². The number of amides is 1. The van der Waals surface area contributed by atoms with Crippen LogP contribution in [0.2, 0.25) is 5.02 Å². The van der Waals surface area contributed by atoms with Crippen LogP contribution in [0, 0.1) is 11.7 Å². The van der Waals surface area contributed by atoms with E-state index in [-0.39, 0.29) is 17.8 Å². The molecule has 0 spiro atoms. The van der Waals surface area contributed by atoms with Gasteiger partial charge in [0.05, 0.1) is 23.1 Å². The van der Waals surface area contributed by atoms with Crippen molar-refractivity contribution in [3.05, 3.63) is 59.5 Å². The van der Waals surface area contributed by atoms with Crippen LogP contribution in [0.4, 0.5) is 4.39 Å². The molecule has 4 rings (SSSR count). The Morgan fingerprint density at radius 3 is 2.79 bits per heavy atom. The summed E-state index contributed by atoms with van der Waals surface area (Å²) in [5.74, 6) is -0.627. The summed E-state index contributed by atoms with van der Waals surface area (Å²) in [6, 6.07) is 11.5. The molecule has 1 saturated heterocycles. The molecule has 8 heteroatoms. The third kappa shape index (κ3) is 5.14. The molecule has 1 aromatic heterocycles. The number of carbonyl (C=O) groups is 2. The summed E-state index contributed by atoms with van der Waals surface area (Å²) in [4.78, 5) is 31.2. The maximum absolute atomic E-state index is 13.5. The van der Waals surface area contributed by atoms with Crippen molar-refractivity contribution in [1.29, 1.82) is 0 Å². The van der Waals surface area contributed by atoms with Gasteiger partial charge in [0.2, 0.25) is 0 Å².